The summed E-state index contributed by atoms with van der Waals surface area (Å²) in [6.07, 6.45) is 1.02. The third-order valence-electron chi connectivity index (χ3n) is 5.68. The maximum atomic E-state index is 10.6. The molecular weight excluding hydrogens is 537 g/mol. The molecule has 4 heterocycles. The first-order chi connectivity index (χ1) is 18.6. The van der Waals surface area contributed by atoms with Crippen LogP contribution in [-0.4, -0.2) is 60.8 Å². The summed E-state index contributed by atoms with van der Waals surface area (Å²) in [7, 11) is 0. The number of aromatic nitrogens is 4. The molecule has 204 valence electrons. The fraction of sp³-hybridized carbons (Fsp3) is 0.250. The van der Waals surface area contributed by atoms with Crippen LogP contribution in [0.25, 0.3) is 22.6 Å². The van der Waals surface area contributed by atoms with E-state index in [9.17, 15) is 13.2 Å². The van der Waals surface area contributed by atoms with Gasteiger partial charge in [0.1, 0.15) is 0 Å². The molecule has 0 spiro atoms. The second-order valence-corrected chi connectivity index (χ2v) is 9.23. The Morgan fingerprint density at radius 3 is 2.51 bits per heavy atom. The Labute approximate surface area is 224 Å². The number of carbonyl (C=O) groups is 1. The van der Waals surface area contributed by atoms with Crippen molar-refractivity contribution in [2.45, 2.75) is 31.5 Å². The number of hydrogen-bond donors (Lipinski definition) is 4. The number of carboxylic acid groups (broad SMARTS) is 1. The first-order valence-corrected chi connectivity index (χ1v) is 12.4. The predicted octanol–water partition coefficient (Wildman–Crippen LogP) is 4.53. The lowest BCUT2D eigenvalue weighted by Gasteiger charge is -2.23. The second kappa shape index (κ2) is 11.9. The van der Waals surface area contributed by atoms with Crippen molar-refractivity contribution >= 4 is 34.1 Å². The lowest BCUT2D eigenvalue weighted by atomic mass is 10.1. The number of carboxylic acids is 1. The number of rotatable bonds is 6. The molecule has 1 aromatic carbocycles. The largest absolute Gasteiger partial charge is 0.490 e. The summed E-state index contributed by atoms with van der Waals surface area (Å²) in [6.45, 7) is 0.804. The summed E-state index contributed by atoms with van der Waals surface area (Å²) in [4.78, 5) is 24.0. The average Bonchev–Trinajstić information content (AvgIpc) is 3.67. The number of nitrogens with two attached hydrogens (primary N) is 1. The first-order valence-electron chi connectivity index (χ1n) is 11.6. The Kier molecular flexibility index (Phi) is 8.39. The molecular formula is C24H23F3N8O3S. The minimum Gasteiger partial charge on any atom is -0.475 e. The molecule has 1 atom stereocenters. The average molecular weight is 561 g/mol. The Hall–Kier alpha value is -4.53. The minimum absolute atomic E-state index is 0.100. The van der Waals surface area contributed by atoms with Crippen LogP contribution in [-0.2, 0) is 11.2 Å². The van der Waals surface area contributed by atoms with Crippen molar-refractivity contribution in [3.05, 3.63) is 60.1 Å². The quantitative estimate of drug-likeness (QED) is 0.194. The molecule has 1 fully saturated rings. The van der Waals surface area contributed by atoms with E-state index in [0.29, 0.717) is 18.1 Å². The van der Waals surface area contributed by atoms with Gasteiger partial charge in [0.2, 0.25) is 11.7 Å². The lowest BCUT2D eigenvalue weighted by Crippen LogP contribution is -2.41. The third-order valence-corrected chi connectivity index (χ3v) is 6.44. The first kappa shape index (κ1) is 27.5. The maximum Gasteiger partial charge on any atom is 0.490 e. The van der Waals surface area contributed by atoms with Crippen LogP contribution in [0.15, 0.2) is 58.7 Å². The summed E-state index contributed by atoms with van der Waals surface area (Å²) in [5.74, 6) is -1.55. The fourth-order valence-corrected chi connectivity index (χ4v) is 4.57. The van der Waals surface area contributed by atoms with Gasteiger partial charge in [-0.1, -0.05) is 5.16 Å². The molecule has 0 saturated carbocycles. The van der Waals surface area contributed by atoms with Gasteiger partial charge in [-0.05, 0) is 49.2 Å². The number of halogens is 3. The van der Waals surface area contributed by atoms with Gasteiger partial charge in [-0.25, -0.2) is 9.78 Å². The van der Waals surface area contributed by atoms with E-state index in [2.05, 4.69) is 25.4 Å². The van der Waals surface area contributed by atoms with Crippen LogP contribution in [0.5, 0.6) is 0 Å². The van der Waals surface area contributed by atoms with Gasteiger partial charge >= 0.3 is 12.1 Å². The van der Waals surface area contributed by atoms with E-state index in [4.69, 9.17) is 25.6 Å². The molecule has 0 amide bonds. The van der Waals surface area contributed by atoms with Gasteiger partial charge in [-0.2, -0.15) is 18.2 Å². The molecule has 5 rings (SSSR count). The van der Waals surface area contributed by atoms with Gasteiger partial charge in [0.15, 0.2) is 11.1 Å². The van der Waals surface area contributed by atoms with Crippen LogP contribution in [0, 0.1) is 5.41 Å². The van der Waals surface area contributed by atoms with Gasteiger partial charge < -0.3 is 25.6 Å². The van der Waals surface area contributed by atoms with Gasteiger partial charge in [0, 0.05) is 53.6 Å². The van der Waals surface area contributed by atoms with Crippen molar-refractivity contribution in [3.63, 3.8) is 0 Å². The van der Waals surface area contributed by atoms with Crippen molar-refractivity contribution in [2.75, 3.05) is 11.9 Å². The Morgan fingerprint density at radius 1 is 1.18 bits per heavy atom. The number of anilines is 2. The summed E-state index contributed by atoms with van der Waals surface area (Å²) in [5, 5.41) is 25.1. The summed E-state index contributed by atoms with van der Waals surface area (Å²) < 4.78 is 37.2. The molecule has 3 aromatic heterocycles. The predicted molar refractivity (Wildman–Crippen MR) is 137 cm³/mol. The number of likely N-dealkylation sites (tertiary alicyclic amines) is 1. The van der Waals surface area contributed by atoms with Crippen LogP contribution in [0.3, 0.4) is 0 Å². The molecule has 39 heavy (non-hydrogen) atoms. The highest BCUT2D eigenvalue weighted by molar-refractivity contribution is 7.14. The molecule has 0 aliphatic carbocycles. The van der Waals surface area contributed by atoms with E-state index in [1.54, 1.807) is 23.7 Å². The van der Waals surface area contributed by atoms with E-state index in [-0.39, 0.29) is 12.0 Å². The lowest BCUT2D eigenvalue weighted by molar-refractivity contribution is -0.192. The highest BCUT2D eigenvalue weighted by atomic mass is 32.1. The van der Waals surface area contributed by atoms with E-state index in [0.717, 1.165) is 47.0 Å². The van der Waals surface area contributed by atoms with Crippen LogP contribution in [0.4, 0.5) is 24.0 Å². The number of thiazole rings is 1. The molecule has 0 unspecified atom stereocenters. The van der Waals surface area contributed by atoms with Crippen molar-refractivity contribution in [1.29, 1.82) is 5.41 Å². The molecule has 1 aliphatic rings. The zero-order chi connectivity index (χ0) is 28.0. The van der Waals surface area contributed by atoms with E-state index in [1.165, 1.54) is 0 Å². The zero-order valence-electron chi connectivity index (χ0n) is 20.2. The van der Waals surface area contributed by atoms with E-state index >= 15 is 0 Å². The molecule has 15 heteroatoms. The maximum absolute atomic E-state index is 10.6. The topological polar surface area (TPSA) is 167 Å². The fourth-order valence-electron chi connectivity index (χ4n) is 3.83. The third kappa shape index (κ3) is 7.28. The van der Waals surface area contributed by atoms with Crippen molar-refractivity contribution in [1.82, 2.24) is 25.0 Å². The van der Waals surface area contributed by atoms with E-state index in [1.807, 2.05) is 46.7 Å². The monoisotopic (exact) mass is 560 g/mol. The van der Waals surface area contributed by atoms with Gasteiger partial charge in [0.25, 0.3) is 0 Å². The molecule has 1 saturated heterocycles. The van der Waals surface area contributed by atoms with Crippen molar-refractivity contribution in [3.8, 4) is 22.6 Å². The molecule has 4 aromatic rings. The van der Waals surface area contributed by atoms with Gasteiger partial charge in [0.05, 0.1) is 5.69 Å². The molecule has 0 radical (unpaired) electrons. The standard InChI is InChI=1S/C22H22N8OS.C2HF3O2/c23-21(24)30-11-1-2-17(30)12-19-28-20(29-31-19)15-3-5-16(6-4-15)26-22-27-18(13-32-22)14-7-9-25-10-8-14;3-2(4,5)1(6)7/h3-10,13,17H,1-2,11-12H2,(H3,23,24)(H,26,27);(H,6,7)/t17-;/m0./s1. The number of nitrogens with zero attached hydrogens (tertiary/aromatic N) is 5. The second-order valence-electron chi connectivity index (χ2n) is 8.37. The van der Waals surface area contributed by atoms with E-state index < -0.39 is 12.1 Å². The molecule has 5 N–H and O–H groups in total. The zero-order valence-corrected chi connectivity index (χ0v) is 21.0. The van der Waals surface area contributed by atoms with Crippen LogP contribution < -0.4 is 11.1 Å². The van der Waals surface area contributed by atoms with Crippen LogP contribution in [0.2, 0.25) is 0 Å². The van der Waals surface area contributed by atoms with Crippen molar-refractivity contribution in [2.24, 2.45) is 5.73 Å². The number of nitrogens with one attached hydrogen (secondary N) is 2. The Balaban J connectivity index is 0.000000448. The number of benzene rings is 1. The molecule has 0 bridgehead atoms. The van der Waals surface area contributed by atoms with Crippen molar-refractivity contribution < 1.29 is 27.6 Å². The number of hydrogen-bond acceptors (Lipinski definition) is 9. The molecule has 1 aliphatic heterocycles. The summed E-state index contributed by atoms with van der Waals surface area (Å²) in [6, 6.07) is 11.9. The SMILES string of the molecule is N=C(N)N1CCC[C@H]1Cc1nc(-c2ccc(Nc3nc(-c4ccncc4)cs3)cc2)no1.O=C(O)C(F)(F)F. The van der Waals surface area contributed by atoms with Gasteiger partial charge in [-0.15, -0.1) is 11.3 Å². The number of alkyl halides is 3. The highest BCUT2D eigenvalue weighted by Gasteiger charge is 2.38. The molecule has 11 nitrogen and oxygen atoms in total. The minimum atomic E-state index is -5.08. The smallest absolute Gasteiger partial charge is 0.475 e. The van der Waals surface area contributed by atoms with Crippen LogP contribution >= 0.6 is 11.3 Å². The normalized spacial score (nSPS) is 14.9. The Bertz CT molecular complexity index is 1410. The highest BCUT2D eigenvalue weighted by Crippen LogP contribution is 2.28. The number of pyridine rings is 1. The summed E-state index contributed by atoms with van der Waals surface area (Å²) >= 11 is 1.55. The Morgan fingerprint density at radius 2 is 1.87 bits per heavy atom. The van der Waals surface area contributed by atoms with Gasteiger partial charge in [-0.3, -0.25) is 10.4 Å². The number of guanidine groups is 1. The number of aliphatic carboxylic acids is 1. The van der Waals surface area contributed by atoms with Crippen LogP contribution in [0.1, 0.15) is 18.7 Å². The summed E-state index contributed by atoms with van der Waals surface area (Å²) in [5.41, 5.74) is 9.42.